The van der Waals surface area contributed by atoms with Gasteiger partial charge in [0.2, 0.25) is 0 Å². The third-order valence-corrected chi connectivity index (χ3v) is 4.59. The summed E-state index contributed by atoms with van der Waals surface area (Å²) >= 11 is 1.15. The van der Waals surface area contributed by atoms with Gasteiger partial charge in [0.25, 0.3) is 5.91 Å². The summed E-state index contributed by atoms with van der Waals surface area (Å²) in [5, 5.41) is 3.72. The molecule has 1 aliphatic heterocycles. The first-order valence-electron chi connectivity index (χ1n) is 7.44. The van der Waals surface area contributed by atoms with Gasteiger partial charge in [-0.2, -0.15) is 0 Å². The zero-order valence-electron chi connectivity index (χ0n) is 12.8. The van der Waals surface area contributed by atoms with Crippen molar-refractivity contribution in [1.82, 2.24) is 14.5 Å². The monoisotopic (exact) mass is 317 g/mol. The Balaban J connectivity index is 1.58. The molecule has 2 heterocycles. The van der Waals surface area contributed by atoms with E-state index in [1.54, 1.807) is 0 Å². The number of amides is 1. The summed E-state index contributed by atoms with van der Waals surface area (Å²) < 4.78 is 9.87. The smallest absolute Gasteiger partial charge is 0.267 e. The maximum atomic E-state index is 12.2. The van der Waals surface area contributed by atoms with Gasteiger partial charge in [-0.15, -0.1) is 5.10 Å². The standard InChI is InChI=1S/C16H19N3O2S/c1-11-3-4-12(2)14(9-11)21-13-5-7-19(8-6-13)16(20)15-10-17-18-22-15/h3-4,9-10,13H,5-8H2,1-2H3. The van der Waals surface area contributed by atoms with E-state index in [1.165, 1.54) is 11.8 Å². The van der Waals surface area contributed by atoms with E-state index in [9.17, 15) is 4.79 Å². The van der Waals surface area contributed by atoms with Crippen LogP contribution in [0.2, 0.25) is 0 Å². The van der Waals surface area contributed by atoms with Crippen LogP contribution < -0.4 is 4.74 Å². The molecule has 2 aromatic rings. The second-order valence-electron chi connectivity index (χ2n) is 5.66. The number of ether oxygens (including phenoxy) is 1. The van der Waals surface area contributed by atoms with Crippen molar-refractivity contribution < 1.29 is 9.53 Å². The molecule has 1 aliphatic rings. The largest absolute Gasteiger partial charge is 0.490 e. The highest BCUT2D eigenvalue weighted by Crippen LogP contribution is 2.24. The van der Waals surface area contributed by atoms with Gasteiger partial charge in [0.05, 0.1) is 6.20 Å². The fraction of sp³-hybridized carbons (Fsp3) is 0.438. The quantitative estimate of drug-likeness (QED) is 0.873. The van der Waals surface area contributed by atoms with E-state index in [2.05, 4.69) is 41.6 Å². The lowest BCUT2D eigenvalue weighted by Gasteiger charge is -2.32. The van der Waals surface area contributed by atoms with Crippen molar-refractivity contribution >= 4 is 17.4 Å². The summed E-state index contributed by atoms with van der Waals surface area (Å²) in [7, 11) is 0. The van der Waals surface area contributed by atoms with Crippen LogP contribution in [-0.2, 0) is 0 Å². The van der Waals surface area contributed by atoms with Gasteiger partial charge in [-0.05, 0) is 42.6 Å². The molecule has 116 valence electrons. The Morgan fingerprint density at radius 1 is 1.32 bits per heavy atom. The van der Waals surface area contributed by atoms with E-state index in [0.717, 1.165) is 35.7 Å². The van der Waals surface area contributed by atoms with Crippen molar-refractivity contribution in [2.75, 3.05) is 13.1 Å². The van der Waals surface area contributed by atoms with E-state index < -0.39 is 0 Å². The van der Waals surface area contributed by atoms with Gasteiger partial charge < -0.3 is 9.64 Å². The van der Waals surface area contributed by atoms with Crippen LogP contribution in [0, 0.1) is 13.8 Å². The normalized spacial score (nSPS) is 15.8. The van der Waals surface area contributed by atoms with Gasteiger partial charge in [-0.25, -0.2) is 0 Å². The fourth-order valence-electron chi connectivity index (χ4n) is 2.61. The minimum absolute atomic E-state index is 0.0280. The third-order valence-electron chi connectivity index (χ3n) is 3.94. The van der Waals surface area contributed by atoms with Crippen molar-refractivity contribution in [3.05, 3.63) is 40.4 Å². The number of aromatic nitrogens is 2. The minimum Gasteiger partial charge on any atom is -0.490 e. The molecule has 0 aliphatic carbocycles. The molecule has 0 spiro atoms. The average molecular weight is 317 g/mol. The summed E-state index contributed by atoms with van der Waals surface area (Å²) in [6, 6.07) is 6.25. The van der Waals surface area contributed by atoms with E-state index in [4.69, 9.17) is 4.74 Å². The molecule has 1 amide bonds. The lowest BCUT2D eigenvalue weighted by molar-refractivity contribution is 0.0598. The second-order valence-corrected chi connectivity index (χ2v) is 6.45. The molecule has 0 bridgehead atoms. The first kappa shape index (κ1) is 15.0. The van der Waals surface area contributed by atoms with Crippen LogP contribution in [0.4, 0.5) is 0 Å². The number of hydrogen-bond donors (Lipinski definition) is 0. The number of piperidine rings is 1. The lowest BCUT2D eigenvalue weighted by atomic mass is 10.1. The van der Waals surface area contributed by atoms with Crippen molar-refractivity contribution in [2.24, 2.45) is 0 Å². The van der Waals surface area contributed by atoms with Crippen LogP contribution in [0.5, 0.6) is 5.75 Å². The highest BCUT2D eigenvalue weighted by Gasteiger charge is 2.25. The summed E-state index contributed by atoms with van der Waals surface area (Å²) in [6.07, 6.45) is 3.41. The molecule has 1 aromatic heterocycles. The number of hydrogen-bond acceptors (Lipinski definition) is 5. The van der Waals surface area contributed by atoms with E-state index in [1.807, 2.05) is 4.90 Å². The van der Waals surface area contributed by atoms with E-state index in [0.29, 0.717) is 18.0 Å². The summed E-state index contributed by atoms with van der Waals surface area (Å²) in [6.45, 7) is 5.55. The Morgan fingerprint density at radius 3 is 2.77 bits per heavy atom. The maximum Gasteiger partial charge on any atom is 0.267 e. The van der Waals surface area contributed by atoms with Crippen molar-refractivity contribution in [2.45, 2.75) is 32.8 Å². The topological polar surface area (TPSA) is 55.3 Å². The molecule has 3 rings (SSSR count). The Kier molecular flexibility index (Phi) is 4.38. The summed E-state index contributed by atoms with van der Waals surface area (Å²) in [5.41, 5.74) is 2.35. The number of carbonyl (C=O) groups is 1. The Hall–Kier alpha value is -1.95. The molecular weight excluding hydrogens is 298 g/mol. The van der Waals surface area contributed by atoms with Gasteiger partial charge >= 0.3 is 0 Å². The van der Waals surface area contributed by atoms with Gasteiger partial charge in [-0.3, -0.25) is 4.79 Å². The number of benzene rings is 1. The first-order valence-corrected chi connectivity index (χ1v) is 8.21. The SMILES string of the molecule is Cc1ccc(C)c(OC2CCN(C(=O)c3cnns3)CC2)c1. The lowest BCUT2D eigenvalue weighted by Crippen LogP contribution is -2.41. The van der Waals surface area contributed by atoms with Gasteiger partial charge in [0.1, 0.15) is 16.7 Å². The number of carbonyl (C=O) groups excluding carboxylic acids is 1. The van der Waals surface area contributed by atoms with Gasteiger partial charge in [0.15, 0.2) is 0 Å². The second kappa shape index (κ2) is 6.44. The molecule has 1 saturated heterocycles. The van der Waals surface area contributed by atoms with Crippen LogP contribution in [-0.4, -0.2) is 39.6 Å². The predicted molar refractivity (Wildman–Crippen MR) is 85.4 cm³/mol. The molecule has 0 radical (unpaired) electrons. The molecule has 0 saturated carbocycles. The van der Waals surface area contributed by atoms with Crippen molar-refractivity contribution in [3.8, 4) is 5.75 Å². The summed E-state index contributed by atoms with van der Waals surface area (Å²) in [5.74, 6) is 0.983. The number of likely N-dealkylation sites (tertiary alicyclic amines) is 1. The van der Waals surface area contributed by atoms with Crippen LogP contribution in [0.1, 0.15) is 33.6 Å². The Bertz CT molecular complexity index is 649. The van der Waals surface area contributed by atoms with E-state index >= 15 is 0 Å². The minimum atomic E-state index is 0.0280. The van der Waals surface area contributed by atoms with Gasteiger partial charge in [-0.1, -0.05) is 16.6 Å². The third kappa shape index (κ3) is 3.27. The van der Waals surface area contributed by atoms with Crippen molar-refractivity contribution in [1.29, 1.82) is 0 Å². The molecule has 0 atom stereocenters. The predicted octanol–water partition coefficient (Wildman–Crippen LogP) is 2.84. The zero-order valence-corrected chi connectivity index (χ0v) is 13.6. The molecule has 1 aromatic carbocycles. The average Bonchev–Trinajstić information content (AvgIpc) is 3.05. The molecule has 6 heteroatoms. The molecule has 1 fully saturated rings. The molecule has 22 heavy (non-hydrogen) atoms. The molecule has 0 unspecified atom stereocenters. The summed E-state index contributed by atoms with van der Waals surface area (Å²) in [4.78, 5) is 14.7. The zero-order chi connectivity index (χ0) is 15.5. The van der Waals surface area contributed by atoms with Gasteiger partial charge in [0, 0.05) is 25.9 Å². The van der Waals surface area contributed by atoms with Crippen LogP contribution in [0.3, 0.4) is 0 Å². The van der Waals surface area contributed by atoms with Crippen LogP contribution in [0.15, 0.2) is 24.4 Å². The highest BCUT2D eigenvalue weighted by atomic mass is 32.1. The Labute approximate surface area is 134 Å². The first-order chi connectivity index (χ1) is 10.6. The molecule has 5 nitrogen and oxygen atoms in total. The van der Waals surface area contributed by atoms with Crippen molar-refractivity contribution in [3.63, 3.8) is 0 Å². The molecule has 0 N–H and O–H groups in total. The number of nitrogens with zero attached hydrogens (tertiary/aromatic N) is 3. The fourth-order valence-corrected chi connectivity index (χ4v) is 3.09. The maximum absolute atomic E-state index is 12.2. The van der Waals surface area contributed by atoms with E-state index in [-0.39, 0.29) is 12.0 Å². The Morgan fingerprint density at radius 2 is 2.09 bits per heavy atom. The molecular formula is C16H19N3O2S. The highest BCUT2D eigenvalue weighted by molar-refractivity contribution is 7.07. The van der Waals surface area contributed by atoms with Crippen LogP contribution in [0.25, 0.3) is 0 Å². The number of aryl methyl sites for hydroxylation is 2. The number of rotatable bonds is 3. The van der Waals surface area contributed by atoms with Crippen LogP contribution >= 0.6 is 11.5 Å².